The predicted molar refractivity (Wildman–Crippen MR) is 107 cm³/mol. The number of benzene rings is 1. The molecule has 136 valence electrons. The first-order valence-corrected chi connectivity index (χ1v) is 9.46. The van der Waals surface area contributed by atoms with Crippen molar-refractivity contribution in [2.24, 2.45) is 0 Å². The predicted octanol–water partition coefficient (Wildman–Crippen LogP) is 4.33. The smallest absolute Gasteiger partial charge is 0.116 e. The molecule has 27 heavy (non-hydrogen) atoms. The quantitative estimate of drug-likeness (QED) is 0.664. The topological polar surface area (TPSA) is 65.7 Å². The molecule has 6 heteroatoms. The van der Waals surface area contributed by atoms with E-state index in [0.717, 1.165) is 29.6 Å². The minimum Gasteiger partial charge on any atom is -0.306 e. The van der Waals surface area contributed by atoms with Crippen LogP contribution in [0.5, 0.6) is 0 Å². The van der Waals surface area contributed by atoms with Gasteiger partial charge in [-0.1, -0.05) is 29.8 Å². The standard InChI is InChI=1S/C21H20ClN5/c1-13-16-6-3-7-17(15-5-4-8-27(2)12-15)20(16)26-25-19(13)21-18(22)9-14(10-23)11-24-21/h3,6-7,9,11,15H,4-5,8,12H2,1-2H3/t15-/m1/s1. The van der Waals surface area contributed by atoms with E-state index in [1.54, 1.807) is 6.07 Å². The molecule has 0 amide bonds. The van der Waals surface area contributed by atoms with Gasteiger partial charge in [-0.3, -0.25) is 4.98 Å². The Labute approximate surface area is 163 Å². The van der Waals surface area contributed by atoms with Crippen LogP contribution in [0.3, 0.4) is 0 Å². The van der Waals surface area contributed by atoms with Gasteiger partial charge in [-0.25, -0.2) is 0 Å². The Hall–Kier alpha value is -2.55. The minimum atomic E-state index is 0.413. The van der Waals surface area contributed by atoms with Crippen LogP contribution in [-0.2, 0) is 0 Å². The first kappa shape index (κ1) is 17.8. The van der Waals surface area contributed by atoms with E-state index >= 15 is 0 Å². The average Bonchev–Trinajstić information content (AvgIpc) is 2.68. The normalized spacial score (nSPS) is 17.8. The van der Waals surface area contributed by atoms with Crippen LogP contribution in [0.1, 0.15) is 35.4 Å². The van der Waals surface area contributed by atoms with Crippen molar-refractivity contribution in [1.29, 1.82) is 5.26 Å². The molecular formula is C21H20ClN5. The lowest BCUT2D eigenvalue weighted by atomic mass is 9.88. The molecule has 4 rings (SSSR count). The molecule has 1 aromatic carbocycles. The third kappa shape index (κ3) is 3.27. The molecule has 0 unspecified atom stereocenters. The lowest BCUT2D eigenvalue weighted by molar-refractivity contribution is 0.251. The highest BCUT2D eigenvalue weighted by atomic mass is 35.5. The van der Waals surface area contributed by atoms with Gasteiger partial charge in [-0.2, -0.15) is 5.26 Å². The van der Waals surface area contributed by atoms with Crippen LogP contribution in [0, 0.1) is 18.3 Å². The number of aromatic nitrogens is 3. The van der Waals surface area contributed by atoms with Gasteiger partial charge in [-0.05, 0) is 56.5 Å². The maximum Gasteiger partial charge on any atom is 0.116 e. The fourth-order valence-electron chi connectivity index (χ4n) is 3.93. The second-order valence-electron chi connectivity index (χ2n) is 7.18. The first-order valence-electron chi connectivity index (χ1n) is 9.09. The molecule has 1 aliphatic heterocycles. The van der Waals surface area contributed by atoms with Crippen LogP contribution >= 0.6 is 11.6 Å². The molecule has 1 saturated heterocycles. The molecule has 0 bridgehead atoms. The zero-order valence-corrected chi connectivity index (χ0v) is 16.2. The van der Waals surface area contributed by atoms with Crippen LogP contribution in [0.4, 0.5) is 0 Å². The Morgan fingerprint density at radius 2 is 2.11 bits per heavy atom. The van der Waals surface area contributed by atoms with Gasteiger partial charge in [0, 0.05) is 18.1 Å². The summed E-state index contributed by atoms with van der Waals surface area (Å²) in [7, 11) is 2.17. The zero-order chi connectivity index (χ0) is 19.0. The van der Waals surface area contributed by atoms with E-state index in [0.29, 0.717) is 27.9 Å². The zero-order valence-electron chi connectivity index (χ0n) is 15.4. The molecule has 0 N–H and O–H groups in total. The molecule has 0 radical (unpaired) electrons. The maximum absolute atomic E-state index is 9.01. The van der Waals surface area contributed by atoms with E-state index in [2.05, 4.69) is 51.4 Å². The third-order valence-corrected chi connectivity index (χ3v) is 5.62. The van der Waals surface area contributed by atoms with E-state index in [1.807, 2.05) is 6.92 Å². The fourth-order valence-corrected chi connectivity index (χ4v) is 4.18. The van der Waals surface area contributed by atoms with Crippen LogP contribution in [0.25, 0.3) is 22.3 Å². The molecular weight excluding hydrogens is 358 g/mol. The molecule has 0 aliphatic carbocycles. The van der Waals surface area contributed by atoms with Crippen molar-refractivity contribution >= 4 is 22.5 Å². The molecule has 1 fully saturated rings. The Morgan fingerprint density at radius 3 is 2.85 bits per heavy atom. The van der Waals surface area contributed by atoms with Crippen molar-refractivity contribution in [3.63, 3.8) is 0 Å². The number of fused-ring (bicyclic) bond motifs is 1. The second-order valence-corrected chi connectivity index (χ2v) is 7.59. The number of hydrogen-bond donors (Lipinski definition) is 0. The first-order chi connectivity index (χ1) is 13.1. The number of nitriles is 1. The highest BCUT2D eigenvalue weighted by Crippen LogP contribution is 2.35. The van der Waals surface area contributed by atoms with E-state index in [9.17, 15) is 0 Å². The summed E-state index contributed by atoms with van der Waals surface area (Å²) >= 11 is 6.35. The summed E-state index contributed by atoms with van der Waals surface area (Å²) in [6.07, 6.45) is 3.89. The second kappa shape index (κ2) is 7.22. The number of likely N-dealkylation sites (tertiary alicyclic amines) is 1. The highest BCUT2D eigenvalue weighted by molar-refractivity contribution is 6.33. The van der Waals surface area contributed by atoms with E-state index in [1.165, 1.54) is 24.6 Å². The van der Waals surface area contributed by atoms with Crippen LogP contribution in [0.15, 0.2) is 30.5 Å². The van der Waals surface area contributed by atoms with E-state index < -0.39 is 0 Å². The van der Waals surface area contributed by atoms with Gasteiger partial charge in [-0.15, -0.1) is 10.2 Å². The number of pyridine rings is 1. The molecule has 0 saturated carbocycles. The fraction of sp³-hybridized carbons (Fsp3) is 0.333. The Bertz CT molecular complexity index is 1060. The summed E-state index contributed by atoms with van der Waals surface area (Å²) in [4.78, 5) is 6.72. The summed E-state index contributed by atoms with van der Waals surface area (Å²) in [6, 6.07) is 10.0. The summed E-state index contributed by atoms with van der Waals surface area (Å²) in [5.74, 6) is 0.476. The van der Waals surface area contributed by atoms with Gasteiger partial charge in [0.05, 0.1) is 16.1 Å². The van der Waals surface area contributed by atoms with Crippen molar-refractivity contribution in [1.82, 2.24) is 20.1 Å². The molecule has 5 nitrogen and oxygen atoms in total. The number of hydrogen-bond acceptors (Lipinski definition) is 5. The van der Waals surface area contributed by atoms with Gasteiger partial charge < -0.3 is 4.90 Å². The van der Waals surface area contributed by atoms with Gasteiger partial charge in [0.15, 0.2) is 0 Å². The Morgan fingerprint density at radius 1 is 1.26 bits per heavy atom. The minimum absolute atomic E-state index is 0.413. The summed E-state index contributed by atoms with van der Waals surface area (Å²) in [6.45, 7) is 4.23. The number of likely N-dealkylation sites (N-methyl/N-ethyl adjacent to an activating group) is 1. The van der Waals surface area contributed by atoms with E-state index in [-0.39, 0.29) is 0 Å². The number of aryl methyl sites for hydroxylation is 1. The monoisotopic (exact) mass is 377 g/mol. The van der Waals surface area contributed by atoms with Crippen molar-refractivity contribution in [3.05, 3.63) is 52.2 Å². The third-order valence-electron chi connectivity index (χ3n) is 5.34. The Kier molecular flexibility index (Phi) is 4.77. The molecule has 2 aromatic heterocycles. The van der Waals surface area contributed by atoms with Crippen molar-refractivity contribution < 1.29 is 0 Å². The Balaban J connectivity index is 1.83. The van der Waals surface area contributed by atoms with Gasteiger partial charge in [0.25, 0.3) is 0 Å². The van der Waals surface area contributed by atoms with Gasteiger partial charge >= 0.3 is 0 Å². The van der Waals surface area contributed by atoms with Crippen LogP contribution < -0.4 is 0 Å². The lowest BCUT2D eigenvalue weighted by Crippen LogP contribution is -2.31. The van der Waals surface area contributed by atoms with Gasteiger partial charge in [0.1, 0.15) is 17.5 Å². The molecule has 1 aliphatic rings. The van der Waals surface area contributed by atoms with Crippen LogP contribution in [0.2, 0.25) is 5.02 Å². The molecule has 0 spiro atoms. The summed E-state index contributed by atoms with van der Waals surface area (Å²) in [5.41, 5.74) is 4.88. The summed E-state index contributed by atoms with van der Waals surface area (Å²) in [5, 5.41) is 19.5. The molecule has 3 aromatic rings. The summed E-state index contributed by atoms with van der Waals surface area (Å²) < 4.78 is 0. The van der Waals surface area contributed by atoms with Crippen molar-refractivity contribution in [3.8, 4) is 17.5 Å². The maximum atomic E-state index is 9.01. The number of halogens is 1. The number of rotatable bonds is 2. The van der Waals surface area contributed by atoms with Crippen LogP contribution in [-0.4, -0.2) is 40.2 Å². The van der Waals surface area contributed by atoms with Gasteiger partial charge in [0.2, 0.25) is 0 Å². The lowest BCUT2D eigenvalue weighted by Gasteiger charge is -2.30. The number of piperidine rings is 1. The SMILES string of the molecule is Cc1c(-c2ncc(C#N)cc2Cl)nnc2c([C@@H]3CCCN(C)C3)cccc12. The van der Waals surface area contributed by atoms with Crippen molar-refractivity contribution in [2.45, 2.75) is 25.7 Å². The molecule has 3 heterocycles. The van der Waals surface area contributed by atoms with Crippen molar-refractivity contribution in [2.75, 3.05) is 20.1 Å². The highest BCUT2D eigenvalue weighted by Gasteiger charge is 2.23. The average molecular weight is 378 g/mol. The van der Waals surface area contributed by atoms with E-state index in [4.69, 9.17) is 16.9 Å². The largest absolute Gasteiger partial charge is 0.306 e. The molecule has 1 atom stereocenters. The number of nitrogens with zero attached hydrogens (tertiary/aromatic N) is 5.